The molecule has 0 saturated heterocycles. The molecule has 1 atom stereocenters. The van der Waals surface area contributed by atoms with Crippen molar-refractivity contribution in [2.45, 2.75) is 59.0 Å². The Morgan fingerprint density at radius 2 is 1.26 bits per heavy atom. The second-order valence-corrected chi connectivity index (χ2v) is 9.97. The fourth-order valence-corrected chi connectivity index (χ4v) is 3.06. The first-order valence-electron chi connectivity index (χ1n) is 11.2. The third-order valence-electron chi connectivity index (χ3n) is 4.46. The average molecular weight is 483 g/mol. The minimum Gasteiger partial charge on any atom is -0.488 e. The van der Waals surface area contributed by atoms with Gasteiger partial charge >= 0.3 is 5.97 Å². The first kappa shape index (κ1) is 26.0. The minimum absolute atomic E-state index is 0.0773. The maximum Gasteiger partial charge on any atom is 0.343 e. The molecule has 1 N–H and O–H groups in total. The van der Waals surface area contributed by atoms with Crippen LogP contribution in [-0.2, 0) is 0 Å². The zero-order valence-corrected chi connectivity index (χ0v) is 20.8. The zero-order chi connectivity index (χ0) is 25.8. The number of ether oxygens (including phenoxy) is 4. The summed E-state index contributed by atoms with van der Waals surface area (Å²) in [7, 11) is 0. The number of rotatable bonds is 7. The van der Waals surface area contributed by atoms with Crippen LogP contribution in [0.2, 0.25) is 0 Å². The first-order valence-corrected chi connectivity index (χ1v) is 11.2. The summed E-state index contributed by atoms with van der Waals surface area (Å²) in [6.07, 6.45) is -1.32. The number of carbonyl (C=O) groups is 1. The zero-order valence-electron chi connectivity index (χ0n) is 20.8. The first-order chi connectivity index (χ1) is 16.3. The maximum atomic E-state index is 14.6. The Morgan fingerprint density at radius 1 is 0.771 bits per heavy atom. The summed E-state index contributed by atoms with van der Waals surface area (Å²) in [5, 5.41) is 10.4. The Balaban J connectivity index is 1.61. The second-order valence-electron chi connectivity index (χ2n) is 9.97. The van der Waals surface area contributed by atoms with Crippen molar-refractivity contribution in [2.75, 3.05) is 0 Å². The van der Waals surface area contributed by atoms with Gasteiger partial charge < -0.3 is 24.1 Å². The standard InChI is InChI=1S/C28H31FO6/c1-27(2,3)34-20-11-7-18(8-12-20)25(30)32-22-15-16-24(23(29)17-22)33-26(31)19-9-13-21(14-10-19)35-28(4,5)6/h7-17,25,30H,1-6H3. The van der Waals surface area contributed by atoms with Crippen molar-refractivity contribution in [3.05, 3.63) is 83.7 Å². The Kier molecular flexibility index (Phi) is 7.70. The molecule has 6 nitrogen and oxygen atoms in total. The van der Waals surface area contributed by atoms with Gasteiger partial charge in [0.25, 0.3) is 0 Å². The van der Waals surface area contributed by atoms with E-state index >= 15 is 0 Å². The number of aliphatic hydroxyl groups is 1. The molecule has 35 heavy (non-hydrogen) atoms. The summed E-state index contributed by atoms with van der Waals surface area (Å²) in [5.41, 5.74) is 0.0113. The van der Waals surface area contributed by atoms with Crippen LogP contribution in [-0.4, -0.2) is 22.3 Å². The minimum atomic E-state index is -1.32. The van der Waals surface area contributed by atoms with Gasteiger partial charge in [0.15, 0.2) is 11.6 Å². The van der Waals surface area contributed by atoms with Gasteiger partial charge in [0, 0.05) is 11.6 Å². The molecule has 0 radical (unpaired) electrons. The number of benzene rings is 3. The molecule has 0 spiro atoms. The lowest BCUT2D eigenvalue weighted by molar-refractivity contribution is -0.0197. The van der Waals surface area contributed by atoms with E-state index in [9.17, 15) is 14.3 Å². The third kappa shape index (κ3) is 8.00. The van der Waals surface area contributed by atoms with Gasteiger partial charge in [-0.3, -0.25) is 0 Å². The molecule has 0 amide bonds. The number of aliphatic hydroxyl groups excluding tert-OH is 1. The third-order valence-corrected chi connectivity index (χ3v) is 4.46. The monoisotopic (exact) mass is 482 g/mol. The molecule has 0 aliphatic rings. The molecule has 0 fully saturated rings. The van der Waals surface area contributed by atoms with E-state index in [1.807, 2.05) is 41.5 Å². The topological polar surface area (TPSA) is 74.2 Å². The van der Waals surface area contributed by atoms with Crippen LogP contribution >= 0.6 is 0 Å². The van der Waals surface area contributed by atoms with Gasteiger partial charge in [-0.05, 0) is 102 Å². The largest absolute Gasteiger partial charge is 0.488 e. The molecule has 1 unspecified atom stereocenters. The van der Waals surface area contributed by atoms with Crippen molar-refractivity contribution in [3.8, 4) is 23.0 Å². The predicted octanol–water partition coefficient (Wildman–Crippen LogP) is 6.47. The quantitative estimate of drug-likeness (QED) is 0.236. The van der Waals surface area contributed by atoms with E-state index in [0.717, 1.165) is 6.07 Å². The Morgan fingerprint density at radius 3 is 1.74 bits per heavy atom. The number of esters is 1. The highest BCUT2D eigenvalue weighted by molar-refractivity contribution is 5.91. The predicted molar refractivity (Wildman–Crippen MR) is 131 cm³/mol. The highest BCUT2D eigenvalue weighted by Crippen LogP contribution is 2.28. The number of carbonyl (C=O) groups excluding carboxylic acids is 1. The summed E-state index contributed by atoms with van der Waals surface area (Å²) in [4.78, 5) is 12.4. The molecule has 0 aliphatic heterocycles. The van der Waals surface area contributed by atoms with Crippen molar-refractivity contribution in [1.82, 2.24) is 0 Å². The molecule has 3 aromatic rings. The summed E-state index contributed by atoms with van der Waals surface area (Å²) in [6.45, 7) is 11.6. The van der Waals surface area contributed by atoms with Crippen LogP contribution < -0.4 is 18.9 Å². The molecular formula is C28H31FO6. The van der Waals surface area contributed by atoms with Gasteiger partial charge in [-0.1, -0.05) is 0 Å². The fraction of sp³-hybridized carbons (Fsp3) is 0.321. The smallest absolute Gasteiger partial charge is 0.343 e. The number of halogens is 1. The normalized spacial score (nSPS) is 12.6. The molecule has 0 heterocycles. The van der Waals surface area contributed by atoms with Gasteiger partial charge in [0.2, 0.25) is 6.29 Å². The molecule has 0 aliphatic carbocycles. The van der Waals surface area contributed by atoms with E-state index in [4.69, 9.17) is 18.9 Å². The molecule has 0 saturated carbocycles. The fourth-order valence-electron chi connectivity index (χ4n) is 3.06. The lowest BCUT2D eigenvalue weighted by Gasteiger charge is -2.21. The molecule has 7 heteroatoms. The van der Waals surface area contributed by atoms with Gasteiger partial charge in [-0.2, -0.15) is 0 Å². The van der Waals surface area contributed by atoms with Crippen LogP contribution in [0.25, 0.3) is 0 Å². The van der Waals surface area contributed by atoms with Crippen LogP contribution in [0.5, 0.6) is 23.0 Å². The van der Waals surface area contributed by atoms with Crippen molar-refractivity contribution in [2.24, 2.45) is 0 Å². The molecule has 0 aromatic heterocycles. The van der Waals surface area contributed by atoms with Gasteiger partial charge in [-0.15, -0.1) is 0 Å². The van der Waals surface area contributed by atoms with Crippen molar-refractivity contribution < 1.29 is 33.2 Å². The van der Waals surface area contributed by atoms with E-state index in [1.54, 1.807) is 48.5 Å². The van der Waals surface area contributed by atoms with Gasteiger partial charge in [0.05, 0.1) is 5.56 Å². The van der Waals surface area contributed by atoms with Crippen molar-refractivity contribution >= 4 is 5.97 Å². The number of hydrogen-bond donors (Lipinski definition) is 1. The van der Waals surface area contributed by atoms with Gasteiger partial charge in [0.1, 0.15) is 28.5 Å². The lowest BCUT2D eigenvalue weighted by Crippen LogP contribution is -2.23. The van der Waals surface area contributed by atoms with E-state index in [1.165, 1.54) is 12.1 Å². The lowest BCUT2D eigenvalue weighted by atomic mass is 10.1. The summed E-state index contributed by atoms with van der Waals surface area (Å²) < 4.78 is 36.7. The molecule has 186 valence electrons. The highest BCUT2D eigenvalue weighted by Gasteiger charge is 2.17. The number of hydrogen-bond acceptors (Lipinski definition) is 6. The Bertz CT molecular complexity index is 1140. The summed E-state index contributed by atoms with van der Waals surface area (Å²) >= 11 is 0. The van der Waals surface area contributed by atoms with Crippen molar-refractivity contribution in [1.29, 1.82) is 0 Å². The van der Waals surface area contributed by atoms with Gasteiger partial charge in [-0.25, -0.2) is 9.18 Å². The van der Waals surface area contributed by atoms with Crippen LogP contribution in [0.15, 0.2) is 66.7 Å². The average Bonchev–Trinajstić information content (AvgIpc) is 2.74. The van der Waals surface area contributed by atoms with E-state index < -0.39 is 18.1 Å². The van der Waals surface area contributed by atoms with E-state index in [-0.39, 0.29) is 28.3 Å². The van der Waals surface area contributed by atoms with Crippen LogP contribution in [0.1, 0.15) is 63.8 Å². The highest BCUT2D eigenvalue weighted by atomic mass is 19.1. The van der Waals surface area contributed by atoms with Crippen LogP contribution in [0.3, 0.4) is 0 Å². The second kappa shape index (κ2) is 10.4. The van der Waals surface area contributed by atoms with Crippen LogP contribution in [0.4, 0.5) is 4.39 Å². The molecule has 3 rings (SSSR count). The summed E-state index contributed by atoms with van der Waals surface area (Å²) in [5.74, 6) is -0.426. The van der Waals surface area contributed by atoms with E-state index in [0.29, 0.717) is 17.1 Å². The summed E-state index contributed by atoms with van der Waals surface area (Å²) in [6, 6.07) is 16.9. The molecule has 3 aromatic carbocycles. The van der Waals surface area contributed by atoms with Crippen LogP contribution in [0, 0.1) is 5.82 Å². The molecule has 0 bridgehead atoms. The molecular weight excluding hydrogens is 451 g/mol. The maximum absolute atomic E-state index is 14.6. The van der Waals surface area contributed by atoms with E-state index in [2.05, 4.69) is 0 Å². The Hall–Kier alpha value is -3.58. The Labute approximate surface area is 205 Å². The van der Waals surface area contributed by atoms with Crippen molar-refractivity contribution in [3.63, 3.8) is 0 Å². The SMILES string of the molecule is CC(C)(C)Oc1ccc(C(=O)Oc2ccc(OC(O)c3ccc(OC(C)(C)C)cc3)cc2F)cc1.